The van der Waals surface area contributed by atoms with Gasteiger partial charge < -0.3 is 16.8 Å². The lowest BCUT2D eigenvalue weighted by Crippen LogP contribution is -2.34. The maximum Gasteiger partial charge on any atom is 0.277 e. The number of carbonyl (C=O) groups is 1. The van der Waals surface area contributed by atoms with E-state index in [1.807, 2.05) is 25.1 Å². The smallest absolute Gasteiger partial charge is 0.277 e. The molecule has 8 nitrogen and oxygen atoms in total. The van der Waals surface area contributed by atoms with E-state index in [2.05, 4.69) is 15.3 Å². The van der Waals surface area contributed by atoms with Gasteiger partial charge in [-0.25, -0.2) is 15.0 Å². The number of hydrogen-bond donors (Lipinski definition) is 3. The van der Waals surface area contributed by atoms with Crippen LogP contribution in [0.25, 0.3) is 17.2 Å². The van der Waals surface area contributed by atoms with Crippen LogP contribution in [0.2, 0.25) is 0 Å². The highest BCUT2D eigenvalue weighted by Gasteiger charge is 2.20. The molecule has 0 spiro atoms. The van der Waals surface area contributed by atoms with Crippen molar-refractivity contribution in [1.29, 1.82) is 0 Å². The molecular formula is C20H24N6O2. The maximum absolute atomic E-state index is 12.9. The number of rotatable bonds is 7. The fraction of sp³-hybridized carbons (Fsp3) is 0.250. The lowest BCUT2D eigenvalue weighted by molar-refractivity contribution is -0.180. The molecule has 0 aliphatic carbocycles. The number of nitrogens with two attached hydrogens (primary N) is 2. The number of fused-ring (bicyclic) bond motifs is 1. The van der Waals surface area contributed by atoms with Crippen molar-refractivity contribution in [2.24, 2.45) is 11.5 Å². The molecule has 146 valence electrons. The third-order valence-corrected chi connectivity index (χ3v) is 4.11. The Morgan fingerprint density at radius 2 is 2.00 bits per heavy atom. The average Bonchev–Trinajstić information content (AvgIpc) is 2.88. The second-order valence-corrected chi connectivity index (χ2v) is 6.28. The Labute approximate surface area is 163 Å². The van der Waals surface area contributed by atoms with Gasteiger partial charge in [-0.1, -0.05) is 19.1 Å². The van der Waals surface area contributed by atoms with Gasteiger partial charge in [-0.15, -0.1) is 0 Å². The van der Waals surface area contributed by atoms with E-state index in [9.17, 15) is 4.79 Å². The zero-order valence-electron chi connectivity index (χ0n) is 15.8. The number of hydrogen-bond acceptors (Lipinski definition) is 7. The molecular weight excluding hydrogens is 356 g/mol. The molecule has 0 saturated heterocycles. The number of carbonyl (C=O) groups excluding carboxylic acids is 1. The van der Waals surface area contributed by atoms with Crippen molar-refractivity contribution in [3.8, 4) is 11.1 Å². The molecule has 0 radical (unpaired) electrons. The van der Waals surface area contributed by atoms with E-state index in [4.69, 9.17) is 16.3 Å². The van der Waals surface area contributed by atoms with E-state index < -0.39 is 0 Å². The molecule has 1 aromatic heterocycles. The number of nitrogens with one attached hydrogen (secondary N) is 1. The van der Waals surface area contributed by atoms with Crippen LogP contribution in [-0.4, -0.2) is 40.6 Å². The van der Waals surface area contributed by atoms with Crippen molar-refractivity contribution in [1.82, 2.24) is 15.0 Å². The monoisotopic (exact) mass is 380 g/mol. The van der Waals surface area contributed by atoms with Crippen LogP contribution in [0.5, 0.6) is 0 Å². The normalized spacial score (nSPS) is 12.9. The van der Waals surface area contributed by atoms with E-state index in [1.54, 1.807) is 24.5 Å². The summed E-state index contributed by atoms with van der Waals surface area (Å²) in [4.78, 5) is 26.5. The minimum Gasteiger partial charge on any atom is -0.385 e. The fourth-order valence-corrected chi connectivity index (χ4v) is 2.84. The van der Waals surface area contributed by atoms with Gasteiger partial charge in [-0.05, 0) is 35.8 Å². The topological polar surface area (TPSA) is 119 Å². The Morgan fingerprint density at radius 1 is 1.21 bits per heavy atom. The van der Waals surface area contributed by atoms with Gasteiger partial charge >= 0.3 is 0 Å². The Kier molecular flexibility index (Phi) is 6.36. The largest absolute Gasteiger partial charge is 0.385 e. The van der Waals surface area contributed by atoms with Gasteiger partial charge in [0, 0.05) is 42.3 Å². The highest BCUT2D eigenvalue weighted by molar-refractivity contribution is 6.02. The van der Waals surface area contributed by atoms with Crippen LogP contribution in [0, 0.1) is 0 Å². The summed E-state index contributed by atoms with van der Waals surface area (Å²) in [6, 6.07) is 5.83. The van der Waals surface area contributed by atoms with Crippen molar-refractivity contribution in [2.75, 3.05) is 25.0 Å². The molecule has 0 atom stereocenters. The van der Waals surface area contributed by atoms with Crippen molar-refractivity contribution in [3.63, 3.8) is 0 Å². The van der Waals surface area contributed by atoms with Crippen LogP contribution in [0.3, 0.4) is 0 Å². The molecule has 28 heavy (non-hydrogen) atoms. The van der Waals surface area contributed by atoms with Crippen molar-refractivity contribution in [2.45, 2.75) is 13.3 Å². The Morgan fingerprint density at radius 3 is 2.71 bits per heavy atom. The first-order chi connectivity index (χ1) is 13.6. The number of benzene rings is 1. The number of anilines is 1. The average molecular weight is 380 g/mol. The van der Waals surface area contributed by atoms with Gasteiger partial charge in [-0.2, -0.15) is 0 Å². The summed E-state index contributed by atoms with van der Waals surface area (Å²) in [5.74, 6) is 0.114. The summed E-state index contributed by atoms with van der Waals surface area (Å²) in [6.45, 7) is 3.05. The first kappa shape index (κ1) is 19.5. The molecule has 0 fully saturated rings. The molecule has 5 N–H and O–H groups in total. The molecule has 1 amide bonds. The second kappa shape index (κ2) is 9.12. The van der Waals surface area contributed by atoms with Gasteiger partial charge in [0.1, 0.15) is 12.1 Å². The molecule has 0 unspecified atom stereocenters. The predicted octanol–water partition coefficient (Wildman–Crippen LogP) is 1.88. The van der Waals surface area contributed by atoms with Gasteiger partial charge in [0.25, 0.3) is 5.91 Å². The van der Waals surface area contributed by atoms with Gasteiger partial charge in [0.05, 0.1) is 6.61 Å². The molecule has 2 heterocycles. The molecule has 2 aromatic rings. The number of aromatic nitrogens is 2. The van der Waals surface area contributed by atoms with Crippen LogP contribution in [-0.2, 0) is 9.63 Å². The molecule has 1 aromatic carbocycles. The van der Waals surface area contributed by atoms with Crippen LogP contribution < -0.4 is 16.8 Å². The summed E-state index contributed by atoms with van der Waals surface area (Å²) < 4.78 is 0. The first-order valence-corrected chi connectivity index (χ1v) is 9.12. The van der Waals surface area contributed by atoms with Crippen LogP contribution in [0.4, 0.5) is 5.69 Å². The number of hydroxylamine groups is 2. The highest BCUT2D eigenvalue weighted by atomic mass is 16.7. The number of nitrogens with zero attached hydrogens (tertiary/aromatic N) is 3. The minimum absolute atomic E-state index is 0.256. The van der Waals surface area contributed by atoms with Crippen LogP contribution >= 0.6 is 0 Å². The van der Waals surface area contributed by atoms with Gasteiger partial charge in [0.15, 0.2) is 0 Å². The first-order valence-electron chi connectivity index (χ1n) is 9.12. The minimum atomic E-state index is -0.256. The van der Waals surface area contributed by atoms with E-state index in [1.165, 1.54) is 11.4 Å². The van der Waals surface area contributed by atoms with E-state index >= 15 is 0 Å². The van der Waals surface area contributed by atoms with E-state index in [0.29, 0.717) is 24.5 Å². The molecule has 3 rings (SSSR count). The summed E-state index contributed by atoms with van der Waals surface area (Å²) in [5.41, 5.74) is 15.5. The quantitative estimate of drug-likeness (QED) is 0.627. The van der Waals surface area contributed by atoms with E-state index in [-0.39, 0.29) is 12.5 Å². The fourth-order valence-electron chi connectivity index (χ4n) is 2.84. The lowest BCUT2D eigenvalue weighted by atomic mass is 10.0. The summed E-state index contributed by atoms with van der Waals surface area (Å²) >= 11 is 0. The predicted molar refractivity (Wildman–Crippen MR) is 108 cm³/mol. The summed E-state index contributed by atoms with van der Waals surface area (Å²) in [5, 5.41) is 4.48. The van der Waals surface area contributed by atoms with Crippen molar-refractivity contribution < 1.29 is 9.63 Å². The Bertz CT molecular complexity index is 895. The third kappa shape index (κ3) is 4.54. The zero-order valence-corrected chi connectivity index (χ0v) is 15.8. The summed E-state index contributed by atoms with van der Waals surface area (Å²) in [6.07, 6.45) is 9.15. The standard InChI is InChI=1S/C20H24N6O2/c1-2-6-26(28-7-5-21)20(27)16-8-15-4-3-14(17-11-23-13-24-12-17)9-18(15)25-19(22)10-16/h3-4,8-13,25H,2,5-7,21-22H2,1H3. The molecule has 0 bridgehead atoms. The molecule has 1 aliphatic rings. The van der Waals surface area contributed by atoms with Gasteiger partial charge in [-0.3, -0.25) is 9.63 Å². The SMILES string of the molecule is CCCN(OCCN)C(=O)C1=Cc2ccc(-c3cncnc3)cc2NC(N)=C1. The maximum atomic E-state index is 12.9. The Balaban J connectivity index is 1.93. The van der Waals surface area contributed by atoms with E-state index in [0.717, 1.165) is 28.8 Å². The van der Waals surface area contributed by atoms with Crippen LogP contribution in [0.1, 0.15) is 18.9 Å². The van der Waals surface area contributed by atoms with Crippen LogP contribution in [0.15, 0.2) is 54.4 Å². The van der Waals surface area contributed by atoms with Gasteiger partial charge in [0.2, 0.25) is 0 Å². The molecule has 1 aliphatic heterocycles. The summed E-state index contributed by atoms with van der Waals surface area (Å²) in [7, 11) is 0. The zero-order chi connectivity index (χ0) is 19.9. The molecule has 0 saturated carbocycles. The third-order valence-electron chi connectivity index (χ3n) is 4.11. The van der Waals surface area contributed by atoms with Crippen molar-refractivity contribution in [3.05, 3.63) is 60.0 Å². The van der Waals surface area contributed by atoms with Crippen molar-refractivity contribution >= 4 is 17.7 Å². The molecule has 8 heteroatoms. The number of amides is 1. The Hall–Kier alpha value is -3.23. The lowest BCUT2D eigenvalue weighted by Gasteiger charge is -2.21. The second-order valence-electron chi connectivity index (χ2n) is 6.28. The highest BCUT2D eigenvalue weighted by Crippen LogP contribution is 2.29.